The molecule has 0 heterocycles. The van der Waals surface area contributed by atoms with Crippen molar-refractivity contribution in [1.29, 1.82) is 5.26 Å². The van der Waals surface area contributed by atoms with Crippen LogP contribution in [0.25, 0.3) is 0 Å². The van der Waals surface area contributed by atoms with Crippen molar-refractivity contribution in [2.45, 2.75) is 27.7 Å². The largest absolute Gasteiger partial charge is 0.373 e. The predicted octanol–water partition coefficient (Wildman–Crippen LogP) is 3.29. The van der Waals surface area contributed by atoms with Crippen LogP contribution in [0, 0.1) is 30.6 Å². The molecule has 0 saturated carbocycles. The first-order valence-electron chi connectivity index (χ1n) is 5.55. The minimum Gasteiger partial charge on any atom is -0.373 e. The first-order chi connectivity index (χ1) is 7.35. The summed E-state index contributed by atoms with van der Waals surface area (Å²) < 4.78 is 0. The van der Waals surface area contributed by atoms with Gasteiger partial charge in [-0.15, -0.1) is 0 Å². The summed E-state index contributed by atoms with van der Waals surface area (Å²) in [4.78, 5) is 2.13. The highest BCUT2D eigenvalue weighted by Crippen LogP contribution is 2.22. The molecule has 0 aliphatic carbocycles. The average Bonchev–Trinajstić information content (AvgIpc) is 2.21. The third kappa shape index (κ3) is 3.00. The zero-order valence-corrected chi connectivity index (χ0v) is 10.8. The summed E-state index contributed by atoms with van der Waals surface area (Å²) in [5.41, 5.74) is 3.45. The Kier molecular flexibility index (Phi) is 3.59. The normalized spacial score (nSPS) is 11.0. The number of aryl methyl sites for hydroxylation is 2. The first kappa shape index (κ1) is 12.6. The molecule has 2 nitrogen and oxygen atoms in total. The van der Waals surface area contributed by atoms with Crippen molar-refractivity contribution >= 4 is 5.69 Å². The van der Waals surface area contributed by atoms with Crippen LogP contribution in [0.5, 0.6) is 0 Å². The quantitative estimate of drug-likeness (QED) is 0.775. The third-order valence-electron chi connectivity index (χ3n) is 2.87. The predicted molar refractivity (Wildman–Crippen MR) is 68.6 cm³/mol. The van der Waals surface area contributed by atoms with Crippen molar-refractivity contribution in [1.82, 2.24) is 0 Å². The molecule has 1 aromatic carbocycles. The summed E-state index contributed by atoms with van der Waals surface area (Å²) in [5, 5.41) is 9.01. The van der Waals surface area contributed by atoms with E-state index in [1.54, 1.807) is 0 Å². The molecule has 0 fully saturated rings. The minimum absolute atomic E-state index is 0.312. The van der Waals surface area contributed by atoms with Gasteiger partial charge < -0.3 is 4.90 Å². The summed E-state index contributed by atoms with van der Waals surface area (Å²) in [6.07, 6.45) is 0. The Balaban J connectivity index is 2.86. The van der Waals surface area contributed by atoms with E-state index in [2.05, 4.69) is 43.0 Å². The molecule has 0 spiro atoms. The lowest BCUT2D eigenvalue weighted by atomic mass is 9.95. The molecule has 0 aliphatic heterocycles. The molecule has 0 atom stereocenters. The van der Waals surface area contributed by atoms with Crippen LogP contribution in [-0.2, 0) is 0 Å². The van der Waals surface area contributed by atoms with E-state index in [-0.39, 0.29) is 5.41 Å². The second-order valence-corrected chi connectivity index (χ2v) is 5.12. The number of nitriles is 1. The summed E-state index contributed by atoms with van der Waals surface area (Å²) in [6, 6.07) is 8.73. The summed E-state index contributed by atoms with van der Waals surface area (Å²) in [6.45, 7) is 8.89. The van der Waals surface area contributed by atoms with Crippen LogP contribution in [0.3, 0.4) is 0 Å². The van der Waals surface area contributed by atoms with Crippen molar-refractivity contribution in [2.75, 3.05) is 18.5 Å². The number of hydrogen-bond acceptors (Lipinski definition) is 2. The number of benzene rings is 1. The second-order valence-electron chi connectivity index (χ2n) is 5.12. The van der Waals surface area contributed by atoms with E-state index in [0.29, 0.717) is 0 Å². The van der Waals surface area contributed by atoms with Gasteiger partial charge in [-0.1, -0.05) is 6.07 Å². The Labute approximate surface area is 98.5 Å². The Morgan fingerprint density at radius 1 is 1.25 bits per heavy atom. The number of hydrogen-bond donors (Lipinski definition) is 0. The van der Waals surface area contributed by atoms with Crippen LogP contribution in [0.1, 0.15) is 25.0 Å². The minimum atomic E-state index is -0.312. The molecule has 0 saturated heterocycles. The van der Waals surface area contributed by atoms with Crippen LogP contribution in [0.4, 0.5) is 5.69 Å². The van der Waals surface area contributed by atoms with Gasteiger partial charge in [0, 0.05) is 19.3 Å². The third-order valence-corrected chi connectivity index (χ3v) is 2.87. The molecular weight excluding hydrogens is 196 g/mol. The standard InChI is InChI=1S/C14H20N2/c1-11-6-7-13(8-12(11)2)16(5)10-14(3,4)9-15/h6-8H,10H2,1-5H3. The van der Waals surface area contributed by atoms with E-state index in [4.69, 9.17) is 5.26 Å². The summed E-state index contributed by atoms with van der Waals surface area (Å²) >= 11 is 0. The molecule has 2 heteroatoms. The number of nitrogens with zero attached hydrogens (tertiary/aromatic N) is 2. The second kappa shape index (κ2) is 4.57. The molecular formula is C14H20N2. The zero-order chi connectivity index (χ0) is 12.3. The van der Waals surface area contributed by atoms with Gasteiger partial charge in [0.15, 0.2) is 0 Å². The van der Waals surface area contributed by atoms with Crippen LogP contribution in [-0.4, -0.2) is 13.6 Å². The van der Waals surface area contributed by atoms with Crippen molar-refractivity contribution in [2.24, 2.45) is 5.41 Å². The van der Waals surface area contributed by atoms with Crippen molar-refractivity contribution in [3.05, 3.63) is 29.3 Å². The van der Waals surface area contributed by atoms with E-state index in [9.17, 15) is 0 Å². The molecule has 0 amide bonds. The Bertz CT molecular complexity index is 413. The fourth-order valence-corrected chi connectivity index (χ4v) is 1.68. The van der Waals surface area contributed by atoms with Crippen LogP contribution in [0.2, 0.25) is 0 Å². The summed E-state index contributed by atoms with van der Waals surface area (Å²) in [5.74, 6) is 0. The van der Waals surface area contributed by atoms with Gasteiger partial charge in [0.2, 0.25) is 0 Å². The maximum absolute atomic E-state index is 9.01. The Hall–Kier alpha value is -1.49. The highest BCUT2D eigenvalue weighted by molar-refractivity contribution is 5.50. The molecule has 0 N–H and O–H groups in total. The maximum atomic E-state index is 9.01. The Morgan fingerprint density at radius 3 is 2.38 bits per heavy atom. The fraction of sp³-hybridized carbons (Fsp3) is 0.500. The van der Waals surface area contributed by atoms with Gasteiger partial charge in [0.1, 0.15) is 0 Å². The lowest BCUT2D eigenvalue weighted by Gasteiger charge is -2.26. The van der Waals surface area contributed by atoms with Crippen LogP contribution in [0.15, 0.2) is 18.2 Å². The van der Waals surface area contributed by atoms with E-state index < -0.39 is 0 Å². The highest BCUT2D eigenvalue weighted by atomic mass is 15.1. The van der Waals surface area contributed by atoms with Gasteiger partial charge >= 0.3 is 0 Å². The van der Waals surface area contributed by atoms with Gasteiger partial charge in [0.25, 0.3) is 0 Å². The zero-order valence-electron chi connectivity index (χ0n) is 10.8. The first-order valence-corrected chi connectivity index (χ1v) is 5.55. The van der Waals surface area contributed by atoms with E-state index in [1.807, 2.05) is 20.9 Å². The van der Waals surface area contributed by atoms with E-state index >= 15 is 0 Å². The lowest BCUT2D eigenvalue weighted by molar-refractivity contribution is 0.497. The van der Waals surface area contributed by atoms with E-state index in [1.165, 1.54) is 16.8 Å². The molecule has 86 valence electrons. The lowest BCUT2D eigenvalue weighted by Crippen LogP contribution is -2.30. The van der Waals surface area contributed by atoms with Crippen molar-refractivity contribution in [3.63, 3.8) is 0 Å². The van der Waals surface area contributed by atoms with Gasteiger partial charge in [-0.3, -0.25) is 0 Å². The van der Waals surface area contributed by atoms with Gasteiger partial charge in [-0.2, -0.15) is 5.26 Å². The van der Waals surface area contributed by atoms with Crippen LogP contribution >= 0.6 is 0 Å². The summed E-state index contributed by atoms with van der Waals surface area (Å²) in [7, 11) is 2.03. The smallest absolute Gasteiger partial charge is 0.0702 e. The monoisotopic (exact) mass is 216 g/mol. The number of anilines is 1. The van der Waals surface area contributed by atoms with E-state index in [0.717, 1.165) is 6.54 Å². The maximum Gasteiger partial charge on any atom is 0.0702 e. The molecule has 1 aromatic rings. The average molecular weight is 216 g/mol. The molecule has 0 aliphatic rings. The molecule has 0 bridgehead atoms. The SMILES string of the molecule is Cc1ccc(N(C)CC(C)(C)C#N)cc1C. The van der Waals surface area contributed by atoms with Gasteiger partial charge in [-0.05, 0) is 51.0 Å². The topological polar surface area (TPSA) is 27.0 Å². The molecule has 0 radical (unpaired) electrons. The molecule has 0 unspecified atom stereocenters. The van der Waals surface area contributed by atoms with Crippen LogP contribution < -0.4 is 4.90 Å². The Morgan fingerprint density at radius 2 is 1.88 bits per heavy atom. The molecule has 16 heavy (non-hydrogen) atoms. The van der Waals surface area contributed by atoms with Gasteiger partial charge in [-0.25, -0.2) is 0 Å². The fourth-order valence-electron chi connectivity index (χ4n) is 1.68. The number of rotatable bonds is 3. The highest BCUT2D eigenvalue weighted by Gasteiger charge is 2.19. The molecule has 1 rings (SSSR count). The van der Waals surface area contributed by atoms with Gasteiger partial charge in [0.05, 0.1) is 11.5 Å². The molecule has 0 aromatic heterocycles. The van der Waals surface area contributed by atoms with Crippen molar-refractivity contribution < 1.29 is 0 Å². The van der Waals surface area contributed by atoms with Crippen molar-refractivity contribution in [3.8, 4) is 6.07 Å².